The number of aliphatic carboxylic acids is 1. The predicted molar refractivity (Wildman–Crippen MR) is 63.9 cm³/mol. The van der Waals surface area contributed by atoms with E-state index in [9.17, 15) is 4.79 Å². The van der Waals surface area contributed by atoms with Gasteiger partial charge in [0, 0.05) is 0 Å². The standard InChI is InChI=1S/C12H25NO3/c1-2-3-4-5-6-7-8-9-10-11(16-13)12(14)15/h11H,2-10,13H2,1H3,(H,14,15). The van der Waals surface area contributed by atoms with Crippen LogP contribution in [0.3, 0.4) is 0 Å². The van der Waals surface area contributed by atoms with Crippen LogP contribution in [-0.4, -0.2) is 17.2 Å². The van der Waals surface area contributed by atoms with E-state index in [1.54, 1.807) is 0 Å². The normalized spacial score (nSPS) is 12.6. The Morgan fingerprint density at radius 2 is 1.62 bits per heavy atom. The zero-order chi connectivity index (χ0) is 12.2. The summed E-state index contributed by atoms with van der Waals surface area (Å²) in [7, 11) is 0. The van der Waals surface area contributed by atoms with Gasteiger partial charge in [0.05, 0.1) is 0 Å². The molecule has 96 valence electrons. The molecule has 0 aliphatic heterocycles. The predicted octanol–water partition coefficient (Wildman–Crippen LogP) is 2.86. The first kappa shape index (κ1) is 15.4. The summed E-state index contributed by atoms with van der Waals surface area (Å²) in [6.45, 7) is 2.21. The Hall–Kier alpha value is -0.610. The largest absolute Gasteiger partial charge is 0.479 e. The van der Waals surface area contributed by atoms with Crippen molar-refractivity contribution in [2.24, 2.45) is 5.90 Å². The van der Waals surface area contributed by atoms with Crippen molar-refractivity contribution in [1.82, 2.24) is 0 Å². The van der Waals surface area contributed by atoms with Gasteiger partial charge in [-0.1, -0.05) is 58.3 Å². The molecule has 0 amide bonds. The van der Waals surface area contributed by atoms with Crippen LogP contribution in [0.5, 0.6) is 0 Å². The molecular weight excluding hydrogens is 206 g/mol. The fourth-order valence-electron chi connectivity index (χ4n) is 1.71. The SMILES string of the molecule is CCCCCCCCCCC(ON)C(=O)O. The number of hydrogen-bond donors (Lipinski definition) is 2. The summed E-state index contributed by atoms with van der Waals surface area (Å²) in [4.78, 5) is 14.9. The highest BCUT2D eigenvalue weighted by Crippen LogP contribution is 2.11. The Bertz CT molecular complexity index is 174. The second-order valence-corrected chi connectivity index (χ2v) is 4.23. The van der Waals surface area contributed by atoms with Crippen LogP contribution in [-0.2, 0) is 9.63 Å². The molecular formula is C12H25NO3. The van der Waals surface area contributed by atoms with Gasteiger partial charge < -0.3 is 5.11 Å². The lowest BCUT2D eigenvalue weighted by atomic mass is 10.1. The maximum atomic E-state index is 10.6. The first-order valence-electron chi connectivity index (χ1n) is 6.30. The molecule has 4 nitrogen and oxygen atoms in total. The minimum atomic E-state index is -0.967. The molecule has 0 saturated heterocycles. The Morgan fingerprint density at radius 1 is 1.12 bits per heavy atom. The van der Waals surface area contributed by atoms with Gasteiger partial charge in [-0.15, -0.1) is 0 Å². The summed E-state index contributed by atoms with van der Waals surface area (Å²) in [6, 6.07) is 0. The van der Waals surface area contributed by atoms with Gasteiger partial charge in [0.15, 0.2) is 6.10 Å². The molecule has 0 saturated carbocycles. The van der Waals surface area contributed by atoms with E-state index in [1.165, 1.54) is 38.5 Å². The van der Waals surface area contributed by atoms with Gasteiger partial charge in [-0.25, -0.2) is 10.7 Å². The molecule has 0 aromatic heterocycles. The minimum Gasteiger partial charge on any atom is -0.479 e. The van der Waals surface area contributed by atoms with E-state index in [2.05, 4.69) is 11.8 Å². The molecule has 4 heteroatoms. The molecule has 0 fully saturated rings. The van der Waals surface area contributed by atoms with Crippen LogP contribution in [0.25, 0.3) is 0 Å². The second kappa shape index (κ2) is 10.9. The number of carbonyl (C=O) groups is 1. The van der Waals surface area contributed by atoms with Gasteiger partial charge in [0.25, 0.3) is 0 Å². The molecule has 16 heavy (non-hydrogen) atoms. The zero-order valence-electron chi connectivity index (χ0n) is 10.3. The summed E-state index contributed by atoms with van der Waals surface area (Å²) < 4.78 is 0. The van der Waals surface area contributed by atoms with Crippen molar-refractivity contribution in [2.75, 3.05) is 0 Å². The molecule has 0 aliphatic rings. The highest BCUT2D eigenvalue weighted by atomic mass is 16.6. The molecule has 0 aromatic carbocycles. The first-order chi connectivity index (χ1) is 7.72. The van der Waals surface area contributed by atoms with E-state index in [-0.39, 0.29) is 0 Å². The highest BCUT2D eigenvalue weighted by molar-refractivity contribution is 5.72. The molecule has 3 N–H and O–H groups in total. The van der Waals surface area contributed by atoms with E-state index in [0.29, 0.717) is 6.42 Å². The van der Waals surface area contributed by atoms with Gasteiger partial charge in [-0.05, 0) is 6.42 Å². The number of carboxylic acid groups (broad SMARTS) is 1. The average Bonchev–Trinajstić information content (AvgIpc) is 2.26. The van der Waals surface area contributed by atoms with Crippen molar-refractivity contribution in [3.05, 3.63) is 0 Å². The van der Waals surface area contributed by atoms with Gasteiger partial charge in [-0.3, -0.25) is 4.84 Å². The molecule has 1 atom stereocenters. The second-order valence-electron chi connectivity index (χ2n) is 4.23. The van der Waals surface area contributed by atoms with Crippen LogP contribution in [0.15, 0.2) is 0 Å². The van der Waals surface area contributed by atoms with E-state index in [0.717, 1.165) is 12.8 Å². The monoisotopic (exact) mass is 231 g/mol. The Kier molecular flexibility index (Phi) is 10.5. The topological polar surface area (TPSA) is 72.5 Å². The molecule has 1 unspecified atom stereocenters. The van der Waals surface area contributed by atoms with Crippen LogP contribution in [0.2, 0.25) is 0 Å². The lowest BCUT2D eigenvalue weighted by Crippen LogP contribution is -2.26. The van der Waals surface area contributed by atoms with Gasteiger partial charge >= 0.3 is 5.97 Å². The van der Waals surface area contributed by atoms with Crippen molar-refractivity contribution in [1.29, 1.82) is 0 Å². The molecule has 0 aromatic rings. The number of carboxylic acids is 1. The third-order valence-corrected chi connectivity index (χ3v) is 2.76. The Labute approximate surface area is 98.1 Å². The number of nitrogens with two attached hydrogens (primary N) is 1. The molecule has 0 bridgehead atoms. The van der Waals surface area contributed by atoms with Crippen molar-refractivity contribution in [2.45, 2.75) is 70.8 Å². The van der Waals surface area contributed by atoms with Crippen LogP contribution >= 0.6 is 0 Å². The summed E-state index contributed by atoms with van der Waals surface area (Å²) in [5.74, 6) is 3.92. The van der Waals surface area contributed by atoms with E-state index >= 15 is 0 Å². The van der Waals surface area contributed by atoms with Crippen molar-refractivity contribution >= 4 is 5.97 Å². The van der Waals surface area contributed by atoms with E-state index < -0.39 is 12.1 Å². The highest BCUT2D eigenvalue weighted by Gasteiger charge is 2.15. The molecule has 0 spiro atoms. The molecule has 0 rings (SSSR count). The quantitative estimate of drug-likeness (QED) is 0.423. The third-order valence-electron chi connectivity index (χ3n) is 2.76. The van der Waals surface area contributed by atoms with Crippen LogP contribution in [0, 0.1) is 0 Å². The van der Waals surface area contributed by atoms with E-state index in [4.69, 9.17) is 11.0 Å². The fourth-order valence-corrected chi connectivity index (χ4v) is 1.71. The number of unbranched alkanes of at least 4 members (excludes halogenated alkanes) is 7. The lowest BCUT2D eigenvalue weighted by molar-refractivity contribution is -0.151. The number of hydrogen-bond acceptors (Lipinski definition) is 3. The maximum Gasteiger partial charge on any atom is 0.334 e. The third kappa shape index (κ3) is 8.68. The van der Waals surface area contributed by atoms with Crippen molar-refractivity contribution in [3.63, 3.8) is 0 Å². The fraction of sp³-hybridized carbons (Fsp3) is 0.917. The van der Waals surface area contributed by atoms with Gasteiger partial charge in [0.2, 0.25) is 0 Å². The Morgan fingerprint density at radius 3 is 2.06 bits per heavy atom. The smallest absolute Gasteiger partial charge is 0.334 e. The number of rotatable bonds is 11. The summed E-state index contributed by atoms with van der Waals surface area (Å²) in [5.41, 5.74) is 0. The molecule has 0 aliphatic carbocycles. The van der Waals surface area contributed by atoms with E-state index in [1.807, 2.05) is 0 Å². The lowest BCUT2D eigenvalue weighted by Gasteiger charge is -2.08. The molecule has 0 radical (unpaired) electrons. The minimum absolute atomic E-state index is 0.515. The van der Waals surface area contributed by atoms with Crippen molar-refractivity contribution < 1.29 is 14.7 Å². The van der Waals surface area contributed by atoms with Crippen LogP contribution < -0.4 is 5.90 Å². The summed E-state index contributed by atoms with van der Waals surface area (Å²) >= 11 is 0. The summed E-state index contributed by atoms with van der Waals surface area (Å²) in [6.07, 6.45) is 9.27. The summed E-state index contributed by atoms with van der Waals surface area (Å²) in [5, 5.41) is 8.67. The van der Waals surface area contributed by atoms with Crippen LogP contribution in [0.1, 0.15) is 64.7 Å². The first-order valence-corrected chi connectivity index (χ1v) is 6.30. The van der Waals surface area contributed by atoms with Gasteiger partial charge in [0.1, 0.15) is 0 Å². The maximum absolute atomic E-state index is 10.6. The van der Waals surface area contributed by atoms with Gasteiger partial charge in [-0.2, -0.15) is 0 Å². The zero-order valence-corrected chi connectivity index (χ0v) is 10.3. The Balaban J connectivity index is 3.22. The average molecular weight is 231 g/mol. The van der Waals surface area contributed by atoms with Crippen molar-refractivity contribution in [3.8, 4) is 0 Å². The molecule has 0 heterocycles. The van der Waals surface area contributed by atoms with Crippen LogP contribution in [0.4, 0.5) is 0 Å².